The lowest BCUT2D eigenvalue weighted by Gasteiger charge is -2.62. The number of carbonyl (C=O) groups is 2. The summed E-state index contributed by atoms with van der Waals surface area (Å²) in [5, 5.41) is 0. The van der Waals surface area contributed by atoms with Crippen LogP contribution in [0.25, 0.3) is 0 Å². The average molecular weight is 609 g/mol. The maximum Gasteiger partial charge on any atom is 0.316 e. The molecule has 45 heavy (non-hydrogen) atoms. The van der Waals surface area contributed by atoms with Gasteiger partial charge in [-0.15, -0.1) is 0 Å². The maximum absolute atomic E-state index is 14.2. The molecule has 1 heterocycles. The van der Waals surface area contributed by atoms with Crippen LogP contribution in [0.1, 0.15) is 81.4 Å². The summed E-state index contributed by atoms with van der Waals surface area (Å²) in [5.74, 6) is 0.428. The molecule has 6 nitrogen and oxygen atoms in total. The highest BCUT2D eigenvalue weighted by atomic mass is 16.5. The summed E-state index contributed by atoms with van der Waals surface area (Å²) in [4.78, 5) is 29.9. The molecule has 4 atom stereocenters. The number of fused-ring (bicyclic) bond motifs is 1. The summed E-state index contributed by atoms with van der Waals surface area (Å²) in [7, 11) is 1.69. The van der Waals surface area contributed by atoms with Gasteiger partial charge in [0.05, 0.1) is 18.6 Å². The number of benzene rings is 3. The van der Waals surface area contributed by atoms with Crippen LogP contribution in [0.4, 0.5) is 0 Å². The largest absolute Gasteiger partial charge is 0.497 e. The van der Waals surface area contributed by atoms with Crippen LogP contribution in [0.3, 0.4) is 0 Å². The third kappa shape index (κ3) is 5.78. The summed E-state index contributed by atoms with van der Waals surface area (Å²) in [5.41, 5.74) is 8.39. The van der Waals surface area contributed by atoms with Crippen molar-refractivity contribution in [1.29, 1.82) is 0 Å². The van der Waals surface area contributed by atoms with E-state index >= 15 is 0 Å². The zero-order valence-electron chi connectivity index (χ0n) is 26.9. The Bertz CT molecular complexity index is 1470. The van der Waals surface area contributed by atoms with Gasteiger partial charge in [-0.3, -0.25) is 14.5 Å². The van der Waals surface area contributed by atoms with Gasteiger partial charge in [-0.05, 0) is 93.3 Å². The minimum atomic E-state index is -0.580. The second kappa shape index (κ2) is 13.0. The van der Waals surface area contributed by atoms with Crippen LogP contribution in [0.2, 0.25) is 0 Å². The normalized spacial score (nSPS) is 27.8. The van der Waals surface area contributed by atoms with Crippen LogP contribution in [-0.4, -0.2) is 49.1 Å². The molecule has 2 aliphatic carbocycles. The lowest BCUT2D eigenvalue weighted by atomic mass is 9.47. The first kappa shape index (κ1) is 31.3. The number of nitrogens with two attached hydrogens (primary N) is 1. The summed E-state index contributed by atoms with van der Waals surface area (Å²) in [6.07, 6.45) is 8.34. The zero-order chi connectivity index (χ0) is 31.5. The van der Waals surface area contributed by atoms with Crippen molar-refractivity contribution in [1.82, 2.24) is 4.90 Å². The molecule has 6 rings (SSSR count). The van der Waals surface area contributed by atoms with Crippen LogP contribution in [0, 0.1) is 5.41 Å². The van der Waals surface area contributed by atoms with E-state index in [1.165, 1.54) is 5.56 Å². The van der Waals surface area contributed by atoms with Crippen molar-refractivity contribution in [2.45, 2.75) is 94.1 Å². The molecule has 6 heteroatoms. The van der Waals surface area contributed by atoms with Crippen molar-refractivity contribution in [2.75, 3.05) is 20.2 Å². The third-order valence-corrected chi connectivity index (χ3v) is 11.5. The van der Waals surface area contributed by atoms with E-state index in [4.69, 9.17) is 15.2 Å². The topological polar surface area (TPSA) is 81.9 Å². The van der Waals surface area contributed by atoms with Gasteiger partial charge in [-0.25, -0.2) is 0 Å². The number of amides is 1. The van der Waals surface area contributed by atoms with E-state index in [-0.39, 0.29) is 18.0 Å². The summed E-state index contributed by atoms with van der Waals surface area (Å²) < 4.78 is 12.2. The van der Waals surface area contributed by atoms with E-state index in [2.05, 4.69) is 60.4 Å². The SMILES string of the molecule is COc1cccc(C23CCN(CCCc4ccccc4)C(C(N)=O)C2(C)CCC(OC(=O)C2(c4ccccc4)CCCC2)C3)c1. The number of aryl methyl sites for hydroxylation is 1. The fraction of sp³-hybridized carbons (Fsp3) is 0.487. The Labute approximate surface area is 268 Å². The summed E-state index contributed by atoms with van der Waals surface area (Å²) in [6.45, 7) is 3.82. The Morgan fingerprint density at radius 1 is 0.889 bits per heavy atom. The average Bonchev–Trinajstić information content (AvgIpc) is 3.57. The van der Waals surface area contributed by atoms with Gasteiger partial charge >= 0.3 is 5.97 Å². The zero-order valence-corrected chi connectivity index (χ0v) is 26.9. The highest BCUT2D eigenvalue weighted by Gasteiger charge is 2.62. The third-order valence-electron chi connectivity index (χ3n) is 11.5. The summed E-state index contributed by atoms with van der Waals surface area (Å²) in [6, 6.07) is 28.6. The first-order valence-corrected chi connectivity index (χ1v) is 16.8. The number of carbonyl (C=O) groups excluding carboxylic acids is 2. The number of ether oxygens (including phenoxy) is 2. The Hall–Kier alpha value is -3.64. The Balaban J connectivity index is 1.30. The van der Waals surface area contributed by atoms with Crippen LogP contribution < -0.4 is 10.5 Å². The van der Waals surface area contributed by atoms with E-state index in [0.717, 1.165) is 81.3 Å². The molecule has 3 fully saturated rings. The number of methoxy groups -OCH3 is 1. The molecular formula is C39H48N2O4. The standard InChI is InChI=1S/C39H48N2O4/c1-37-23-20-33(45-36(43)38(21-9-10-22-38)30-16-7-4-8-17-30)28-39(37,31-18-11-19-32(27-31)44-2)24-26-41(34(37)35(40)42)25-12-15-29-13-5-3-6-14-29/h3-8,11,13-14,16-19,27,33-34H,9-10,12,15,20-26,28H2,1-2H3,(H2,40,42). The lowest BCUT2D eigenvalue weighted by Crippen LogP contribution is -2.68. The monoisotopic (exact) mass is 608 g/mol. The number of esters is 1. The van der Waals surface area contributed by atoms with Crippen molar-refractivity contribution in [3.8, 4) is 5.75 Å². The molecule has 0 bridgehead atoms. The van der Waals surface area contributed by atoms with Crippen molar-refractivity contribution in [3.05, 3.63) is 102 Å². The highest BCUT2D eigenvalue weighted by Crippen LogP contribution is 2.60. The van der Waals surface area contributed by atoms with Gasteiger partial charge in [-0.2, -0.15) is 0 Å². The molecule has 4 unspecified atom stereocenters. The number of hydrogen-bond donors (Lipinski definition) is 1. The van der Waals surface area contributed by atoms with Crippen LogP contribution in [0.5, 0.6) is 5.75 Å². The van der Waals surface area contributed by atoms with Crippen molar-refractivity contribution < 1.29 is 19.1 Å². The van der Waals surface area contributed by atoms with E-state index in [9.17, 15) is 9.59 Å². The Morgan fingerprint density at radius 3 is 2.27 bits per heavy atom. The molecule has 3 aliphatic rings. The van der Waals surface area contributed by atoms with Crippen LogP contribution in [0.15, 0.2) is 84.9 Å². The molecule has 238 valence electrons. The van der Waals surface area contributed by atoms with E-state index < -0.39 is 22.3 Å². The van der Waals surface area contributed by atoms with Gasteiger partial charge < -0.3 is 15.2 Å². The van der Waals surface area contributed by atoms with E-state index in [1.54, 1.807) is 7.11 Å². The number of nitrogens with zero attached hydrogens (tertiary/aromatic N) is 1. The van der Waals surface area contributed by atoms with Crippen molar-refractivity contribution >= 4 is 11.9 Å². The quantitative estimate of drug-likeness (QED) is 0.258. The fourth-order valence-electron chi connectivity index (χ4n) is 9.17. The molecule has 3 aromatic rings. The minimum Gasteiger partial charge on any atom is -0.497 e. The molecular weight excluding hydrogens is 560 g/mol. The molecule has 3 aromatic carbocycles. The molecule has 0 aromatic heterocycles. The first-order chi connectivity index (χ1) is 21.8. The van der Waals surface area contributed by atoms with Crippen molar-refractivity contribution in [2.24, 2.45) is 11.1 Å². The van der Waals surface area contributed by atoms with Gasteiger partial charge in [0, 0.05) is 10.8 Å². The summed E-state index contributed by atoms with van der Waals surface area (Å²) >= 11 is 0. The number of likely N-dealkylation sites (tertiary alicyclic amines) is 1. The second-order valence-electron chi connectivity index (χ2n) is 13.8. The van der Waals surface area contributed by atoms with Gasteiger partial charge in [0.15, 0.2) is 0 Å². The lowest BCUT2D eigenvalue weighted by molar-refractivity contribution is -0.169. The van der Waals surface area contributed by atoms with Gasteiger partial charge in [-0.1, -0.05) is 92.6 Å². The number of hydrogen-bond acceptors (Lipinski definition) is 5. The number of rotatable bonds is 10. The predicted molar refractivity (Wildman–Crippen MR) is 177 cm³/mol. The highest BCUT2D eigenvalue weighted by molar-refractivity contribution is 5.84. The Kier molecular flexibility index (Phi) is 9.05. The molecule has 2 N–H and O–H groups in total. The second-order valence-corrected chi connectivity index (χ2v) is 13.8. The fourth-order valence-corrected chi connectivity index (χ4v) is 9.17. The first-order valence-electron chi connectivity index (χ1n) is 16.8. The van der Waals surface area contributed by atoms with Crippen LogP contribution >= 0.6 is 0 Å². The molecule has 0 spiro atoms. The van der Waals surface area contributed by atoms with Gasteiger partial charge in [0.25, 0.3) is 0 Å². The van der Waals surface area contributed by atoms with E-state index in [1.807, 2.05) is 36.4 Å². The van der Waals surface area contributed by atoms with Gasteiger partial charge in [0.2, 0.25) is 5.91 Å². The Morgan fingerprint density at radius 2 is 1.58 bits per heavy atom. The molecule has 1 saturated heterocycles. The molecule has 1 amide bonds. The maximum atomic E-state index is 14.2. The number of primary amides is 1. The minimum absolute atomic E-state index is 0.0922. The molecule has 2 saturated carbocycles. The molecule has 1 aliphatic heterocycles. The van der Waals surface area contributed by atoms with E-state index in [0.29, 0.717) is 12.8 Å². The van der Waals surface area contributed by atoms with Gasteiger partial charge in [0.1, 0.15) is 11.9 Å². The smallest absolute Gasteiger partial charge is 0.316 e. The van der Waals surface area contributed by atoms with Crippen molar-refractivity contribution in [3.63, 3.8) is 0 Å². The predicted octanol–water partition coefficient (Wildman–Crippen LogP) is 6.74. The van der Waals surface area contributed by atoms with Crippen LogP contribution in [-0.2, 0) is 31.6 Å². The molecule has 0 radical (unpaired) electrons. The number of piperidine rings is 1.